The summed E-state index contributed by atoms with van der Waals surface area (Å²) in [6, 6.07) is 11.9. The van der Waals surface area contributed by atoms with E-state index in [0.29, 0.717) is 23.8 Å². The van der Waals surface area contributed by atoms with E-state index in [2.05, 4.69) is 21.7 Å². The molecule has 0 aliphatic carbocycles. The molecule has 0 aliphatic rings. The van der Waals surface area contributed by atoms with E-state index in [1.807, 2.05) is 30.3 Å². The van der Waals surface area contributed by atoms with Gasteiger partial charge in [-0.15, -0.1) is 0 Å². The zero-order chi connectivity index (χ0) is 20.4. The Bertz CT molecular complexity index is 768. The quantitative estimate of drug-likeness (QED) is 0.509. The molecule has 0 bridgehead atoms. The van der Waals surface area contributed by atoms with Crippen LogP contribution >= 0.6 is 0 Å². The first-order chi connectivity index (χ1) is 13.6. The second-order valence-corrected chi connectivity index (χ2v) is 5.99. The molecule has 7 nitrogen and oxygen atoms in total. The van der Waals surface area contributed by atoms with Crippen LogP contribution in [0.2, 0.25) is 0 Å². The number of hydrogen-bond acceptors (Lipinski definition) is 5. The second kappa shape index (κ2) is 10.9. The van der Waals surface area contributed by atoms with Gasteiger partial charge in [0.2, 0.25) is 5.75 Å². The Labute approximate surface area is 166 Å². The number of methoxy groups -OCH3 is 4. The Morgan fingerprint density at radius 2 is 1.57 bits per heavy atom. The molecule has 0 aliphatic heterocycles. The van der Waals surface area contributed by atoms with Crippen molar-refractivity contribution in [1.82, 2.24) is 10.6 Å². The Balaban J connectivity index is 1.93. The molecule has 2 aromatic carbocycles. The van der Waals surface area contributed by atoms with Crippen molar-refractivity contribution in [3.8, 4) is 23.0 Å². The molecule has 0 fully saturated rings. The summed E-state index contributed by atoms with van der Waals surface area (Å²) < 4.78 is 21.4. The highest BCUT2D eigenvalue weighted by Crippen LogP contribution is 2.38. The van der Waals surface area contributed by atoms with Gasteiger partial charge in [-0.1, -0.05) is 12.1 Å². The van der Waals surface area contributed by atoms with Crippen LogP contribution in [0, 0.1) is 0 Å². The fourth-order valence-corrected chi connectivity index (χ4v) is 2.80. The van der Waals surface area contributed by atoms with Crippen LogP contribution in [0.15, 0.2) is 41.4 Å². The maximum Gasteiger partial charge on any atom is 0.203 e. The largest absolute Gasteiger partial charge is 0.497 e. The van der Waals surface area contributed by atoms with E-state index in [1.54, 1.807) is 35.5 Å². The molecule has 2 aromatic rings. The Morgan fingerprint density at radius 3 is 2.14 bits per heavy atom. The van der Waals surface area contributed by atoms with Crippen molar-refractivity contribution < 1.29 is 18.9 Å². The molecule has 0 spiro atoms. The summed E-state index contributed by atoms with van der Waals surface area (Å²) >= 11 is 0. The average molecular weight is 387 g/mol. The van der Waals surface area contributed by atoms with Crippen LogP contribution in [0.1, 0.15) is 11.1 Å². The molecule has 28 heavy (non-hydrogen) atoms. The molecule has 0 heterocycles. The summed E-state index contributed by atoms with van der Waals surface area (Å²) in [5.41, 5.74) is 2.19. The molecule has 0 saturated heterocycles. The monoisotopic (exact) mass is 387 g/mol. The van der Waals surface area contributed by atoms with Gasteiger partial charge in [0.05, 0.1) is 28.4 Å². The van der Waals surface area contributed by atoms with Gasteiger partial charge in [0, 0.05) is 20.1 Å². The van der Waals surface area contributed by atoms with Crippen molar-refractivity contribution in [1.29, 1.82) is 0 Å². The van der Waals surface area contributed by atoms with E-state index in [9.17, 15) is 0 Å². The minimum Gasteiger partial charge on any atom is -0.497 e. The zero-order valence-electron chi connectivity index (χ0n) is 17.2. The number of benzene rings is 2. The maximum atomic E-state index is 5.40. The van der Waals surface area contributed by atoms with Gasteiger partial charge in [0.25, 0.3) is 0 Å². The van der Waals surface area contributed by atoms with Crippen molar-refractivity contribution >= 4 is 5.96 Å². The predicted octanol–water partition coefficient (Wildman–Crippen LogP) is 2.63. The lowest BCUT2D eigenvalue weighted by atomic mass is 10.1. The van der Waals surface area contributed by atoms with Gasteiger partial charge in [-0.3, -0.25) is 4.99 Å². The van der Waals surface area contributed by atoms with Crippen LogP contribution < -0.4 is 29.6 Å². The third-order valence-corrected chi connectivity index (χ3v) is 4.25. The molecule has 2 N–H and O–H groups in total. The lowest BCUT2D eigenvalue weighted by Crippen LogP contribution is -2.37. The summed E-state index contributed by atoms with van der Waals surface area (Å²) in [4.78, 5) is 4.27. The highest BCUT2D eigenvalue weighted by atomic mass is 16.5. The van der Waals surface area contributed by atoms with Gasteiger partial charge < -0.3 is 29.6 Å². The molecular formula is C21H29N3O4. The maximum absolute atomic E-state index is 5.40. The van der Waals surface area contributed by atoms with Crippen molar-refractivity contribution in [3.05, 3.63) is 47.5 Å². The number of nitrogens with one attached hydrogen (secondary N) is 2. The zero-order valence-corrected chi connectivity index (χ0v) is 17.2. The minimum atomic E-state index is 0.565. The molecule has 0 unspecified atom stereocenters. The lowest BCUT2D eigenvalue weighted by Gasteiger charge is -2.16. The van der Waals surface area contributed by atoms with E-state index in [0.717, 1.165) is 30.2 Å². The minimum absolute atomic E-state index is 0.565. The molecule has 0 atom stereocenters. The van der Waals surface area contributed by atoms with Crippen molar-refractivity contribution in [2.45, 2.75) is 13.0 Å². The fraction of sp³-hybridized carbons (Fsp3) is 0.381. The smallest absolute Gasteiger partial charge is 0.203 e. The number of hydrogen-bond donors (Lipinski definition) is 2. The first-order valence-electron chi connectivity index (χ1n) is 9.01. The van der Waals surface area contributed by atoms with Crippen LogP contribution in [-0.4, -0.2) is 48.0 Å². The molecule has 0 aromatic heterocycles. The fourth-order valence-electron chi connectivity index (χ4n) is 2.80. The highest BCUT2D eigenvalue weighted by Gasteiger charge is 2.13. The molecule has 0 amide bonds. The third-order valence-electron chi connectivity index (χ3n) is 4.25. The summed E-state index contributed by atoms with van der Waals surface area (Å²) in [6.45, 7) is 1.32. The van der Waals surface area contributed by atoms with Crippen LogP contribution in [-0.2, 0) is 13.0 Å². The summed E-state index contributed by atoms with van der Waals surface area (Å²) in [5, 5.41) is 6.61. The van der Waals surface area contributed by atoms with Crippen LogP contribution in [0.4, 0.5) is 0 Å². The van der Waals surface area contributed by atoms with Gasteiger partial charge in [0.15, 0.2) is 17.5 Å². The number of aliphatic imine (C=N–C) groups is 1. The first-order valence-corrected chi connectivity index (χ1v) is 9.01. The van der Waals surface area contributed by atoms with Gasteiger partial charge in [-0.2, -0.15) is 0 Å². The molecule has 152 valence electrons. The topological polar surface area (TPSA) is 73.3 Å². The third kappa shape index (κ3) is 5.70. The second-order valence-electron chi connectivity index (χ2n) is 5.99. The van der Waals surface area contributed by atoms with E-state index in [-0.39, 0.29) is 0 Å². The van der Waals surface area contributed by atoms with Crippen LogP contribution in [0.5, 0.6) is 23.0 Å². The van der Waals surface area contributed by atoms with Crippen LogP contribution in [0.3, 0.4) is 0 Å². The summed E-state index contributed by atoms with van der Waals surface area (Å²) in [7, 11) is 8.22. The number of nitrogens with zero attached hydrogens (tertiary/aromatic N) is 1. The van der Waals surface area contributed by atoms with E-state index in [1.165, 1.54) is 5.56 Å². The summed E-state index contributed by atoms with van der Waals surface area (Å²) in [5.74, 6) is 3.41. The van der Waals surface area contributed by atoms with Crippen molar-refractivity contribution in [2.24, 2.45) is 4.99 Å². The van der Waals surface area contributed by atoms with Gasteiger partial charge in [0.1, 0.15) is 5.75 Å². The Morgan fingerprint density at radius 1 is 0.857 bits per heavy atom. The van der Waals surface area contributed by atoms with Crippen molar-refractivity contribution in [3.63, 3.8) is 0 Å². The Hall–Kier alpha value is -3.09. The number of ether oxygens (including phenoxy) is 4. The highest BCUT2D eigenvalue weighted by molar-refractivity contribution is 5.79. The SMILES string of the molecule is CN=C(NCCc1cccc(OC)c1)NCc1cc(OC)c(OC)c(OC)c1. The van der Waals surface area contributed by atoms with E-state index >= 15 is 0 Å². The van der Waals surface area contributed by atoms with Gasteiger partial charge in [-0.25, -0.2) is 0 Å². The van der Waals surface area contributed by atoms with E-state index < -0.39 is 0 Å². The summed E-state index contributed by atoms with van der Waals surface area (Å²) in [6.07, 6.45) is 0.863. The van der Waals surface area contributed by atoms with Gasteiger partial charge >= 0.3 is 0 Å². The standard InChI is InChI=1S/C21H29N3O4/c1-22-21(23-10-9-15-7-6-8-17(11-15)25-2)24-14-16-12-18(26-3)20(28-5)19(13-16)27-4/h6-8,11-13H,9-10,14H2,1-5H3,(H2,22,23,24). The molecule has 0 saturated carbocycles. The molecule has 7 heteroatoms. The normalized spacial score (nSPS) is 11.0. The predicted molar refractivity (Wildman–Crippen MR) is 111 cm³/mol. The Kier molecular flexibility index (Phi) is 8.27. The van der Waals surface area contributed by atoms with Crippen molar-refractivity contribution in [2.75, 3.05) is 42.0 Å². The number of rotatable bonds is 9. The molecule has 2 rings (SSSR count). The molecular weight excluding hydrogens is 358 g/mol. The average Bonchev–Trinajstić information content (AvgIpc) is 2.75. The number of guanidine groups is 1. The first kappa shape index (κ1) is 21.2. The lowest BCUT2D eigenvalue weighted by molar-refractivity contribution is 0.323. The van der Waals surface area contributed by atoms with E-state index in [4.69, 9.17) is 18.9 Å². The van der Waals surface area contributed by atoms with Gasteiger partial charge in [-0.05, 0) is 41.8 Å². The molecule has 0 radical (unpaired) electrons. The van der Waals surface area contributed by atoms with Crippen LogP contribution in [0.25, 0.3) is 0 Å².